The number of piperidine rings is 2. The van der Waals surface area contributed by atoms with Gasteiger partial charge in [-0.2, -0.15) is 0 Å². The topological polar surface area (TPSA) is 113 Å². The van der Waals surface area contributed by atoms with Gasteiger partial charge in [0.25, 0.3) is 11.8 Å². The molecular weight excluding hydrogens is 384 g/mol. The van der Waals surface area contributed by atoms with Crippen LogP contribution in [0, 0.1) is 0 Å². The first-order valence-electron chi connectivity index (χ1n) is 10.7. The van der Waals surface area contributed by atoms with Crippen molar-refractivity contribution in [3.05, 3.63) is 34.9 Å². The fourth-order valence-electron chi connectivity index (χ4n) is 5.40. The lowest BCUT2D eigenvalue weighted by Crippen LogP contribution is -2.60. The predicted octanol–water partition coefficient (Wildman–Crippen LogP) is 0.934. The quantitative estimate of drug-likeness (QED) is 0.717. The molecule has 3 heterocycles. The van der Waals surface area contributed by atoms with Crippen molar-refractivity contribution in [3.63, 3.8) is 0 Å². The molecule has 2 saturated heterocycles. The molecule has 0 bridgehead atoms. The molecule has 158 valence electrons. The number of amides is 4. The molecule has 3 aliphatic heterocycles. The number of benzene rings is 1. The lowest BCUT2D eigenvalue weighted by molar-refractivity contribution is -0.136. The van der Waals surface area contributed by atoms with Gasteiger partial charge in [-0.15, -0.1) is 0 Å². The molecule has 0 aromatic heterocycles. The highest BCUT2D eigenvalue weighted by Crippen LogP contribution is 2.45. The summed E-state index contributed by atoms with van der Waals surface area (Å²) >= 11 is 0. The number of hydrogen-bond acceptors (Lipinski definition) is 6. The van der Waals surface area contributed by atoms with Gasteiger partial charge >= 0.3 is 0 Å². The Morgan fingerprint density at radius 2 is 1.80 bits per heavy atom. The van der Waals surface area contributed by atoms with Crippen LogP contribution in [-0.4, -0.2) is 57.6 Å². The predicted molar refractivity (Wildman–Crippen MR) is 107 cm³/mol. The third-order valence-electron chi connectivity index (χ3n) is 7.27. The van der Waals surface area contributed by atoms with Crippen molar-refractivity contribution in [2.45, 2.75) is 69.1 Å². The van der Waals surface area contributed by atoms with Gasteiger partial charge in [0.05, 0.1) is 11.1 Å². The molecule has 30 heavy (non-hydrogen) atoms. The van der Waals surface area contributed by atoms with Crippen molar-refractivity contribution in [1.29, 1.82) is 0 Å². The number of nitrogens with zero attached hydrogens (tertiary/aromatic N) is 2. The van der Waals surface area contributed by atoms with Crippen LogP contribution in [0.15, 0.2) is 18.2 Å². The Morgan fingerprint density at radius 1 is 1.03 bits per heavy atom. The van der Waals surface area contributed by atoms with Gasteiger partial charge in [0.2, 0.25) is 11.8 Å². The number of rotatable bonds is 3. The molecule has 1 aromatic rings. The van der Waals surface area contributed by atoms with Gasteiger partial charge in [0.1, 0.15) is 6.04 Å². The molecule has 4 amide bonds. The average Bonchev–Trinajstić information content (AvgIpc) is 2.91. The Balaban J connectivity index is 1.38. The van der Waals surface area contributed by atoms with Crippen LogP contribution >= 0.6 is 0 Å². The molecule has 5 rings (SSSR count). The second-order valence-electron chi connectivity index (χ2n) is 9.08. The maximum atomic E-state index is 13.0. The molecule has 1 aliphatic carbocycles. The normalized spacial score (nSPS) is 28.5. The van der Waals surface area contributed by atoms with Crippen LogP contribution in [0.3, 0.4) is 0 Å². The Morgan fingerprint density at radius 3 is 2.50 bits per heavy atom. The number of carbonyl (C=O) groups excluding carboxylic acids is 4. The lowest BCUT2D eigenvalue weighted by Gasteiger charge is -2.54. The lowest BCUT2D eigenvalue weighted by atomic mass is 9.69. The van der Waals surface area contributed by atoms with Crippen molar-refractivity contribution < 1.29 is 19.2 Å². The smallest absolute Gasteiger partial charge is 0.262 e. The standard InChI is InChI=1S/C22H26N4O4/c23-14-6-9-22(7-1-8-22)25(12-14)11-13-2-3-15-16(10-13)21(30)26(20(15)29)17-4-5-18(27)24-19(17)28/h2-3,10,14,17H,1,4-9,11-12,23H2,(H,24,27,28). The van der Waals surface area contributed by atoms with Crippen LogP contribution in [0.25, 0.3) is 0 Å². The van der Waals surface area contributed by atoms with Gasteiger partial charge in [-0.05, 0) is 56.2 Å². The van der Waals surface area contributed by atoms with Crippen molar-refractivity contribution in [2.75, 3.05) is 6.54 Å². The number of fused-ring (bicyclic) bond motifs is 1. The van der Waals surface area contributed by atoms with E-state index >= 15 is 0 Å². The summed E-state index contributed by atoms with van der Waals surface area (Å²) in [6.45, 7) is 1.53. The average molecular weight is 410 g/mol. The molecule has 4 aliphatic rings. The summed E-state index contributed by atoms with van der Waals surface area (Å²) in [7, 11) is 0. The number of likely N-dealkylation sites (tertiary alicyclic amines) is 1. The van der Waals surface area contributed by atoms with E-state index in [9.17, 15) is 19.2 Å². The van der Waals surface area contributed by atoms with Gasteiger partial charge in [-0.1, -0.05) is 6.07 Å². The van der Waals surface area contributed by atoms with E-state index in [2.05, 4.69) is 10.2 Å². The molecule has 1 spiro atoms. The van der Waals surface area contributed by atoms with Crippen LogP contribution in [-0.2, 0) is 16.1 Å². The van der Waals surface area contributed by atoms with Crippen LogP contribution in [0.1, 0.15) is 71.2 Å². The highest BCUT2D eigenvalue weighted by atomic mass is 16.2. The number of nitrogens with one attached hydrogen (secondary N) is 1. The highest BCUT2D eigenvalue weighted by molar-refractivity contribution is 6.23. The van der Waals surface area contributed by atoms with Gasteiger partial charge < -0.3 is 5.73 Å². The Hall–Kier alpha value is -2.58. The molecule has 8 nitrogen and oxygen atoms in total. The van der Waals surface area contributed by atoms with E-state index in [1.165, 1.54) is 19.3 Å². The molecule has 3 N–H and O–H groups in total. The fraction of sp³-hybridized carbons (Fsp3) is 0.545. The molecule has 1 saturated carbocycles. The zero-order valence-electron chi connectivity index (χ0n) is 16.9. The Kier molecular flexibility index (Phi) is 4.52. The first-order chi connectivity index (χ1) is 14.4. The van der Waals surface area contributed by atoms with E-state index < -0.39 is 23.8 Å². The van der Waals surface area contributed by atoms with Crippen molar-refractivity contribution in [1.82, 2.24) is 15.1 Å². The number of imide groups is 2. The monoisotopic (exact) mass is 410 g/mol. The van der Waals surface area contributed by atoms with Gasteiger partial charge in [-0.3, -0.25) is 34.3 Å². The van der Waals surface area contributed by atoms with E-state index in [4.69, 9.17) is 5.73 Å². The largest absolute Gasteiger partial charge is 0.327 e. The summed E-state index contributed by atoms with van der Waals surface area (Å²) in [5.41, 5.74) is 8.09. The number of hydrogen-bond donors (Lipinski definition) is 2. The summed E-state index contributed by atoms with van der Waals surface area (Å²) in [6, 6.07) is 4.60. The number of nitrogens with two attached hydrogens (primary N) is 1. The maximum Gasteiger partial charge on any atom is 0.262 e. The molecule has 2 atom stereocenters. The van der Waals surface area contributed by atoms with Crippen molar-refractivity contribution in [3.8, 4) is 0 Å². The molecule has 0 radical (unpaired) electrons. The van der Waals surface area contributed by atoms with E-state index in [0.717, 1.165) is 29.8 Å². The van der Waals surface area contributed by atoms with E-state index in [1.807, 2.05) is 6.07 Å². The van der Waals surface area contributed by atoms with Crippen molar-refractivity contribution in [2.24, 2.45) is 5.73 Å². The Bertz CT molecular complexity index is 954. The van der Waals surface area contributed by atoms with Crippen LogP contribution in [0.4, 0.5) is 0 Å². The zero-order valence-corrected chi connectivity index (χ0v) is 16.9. The van der Waals surface area contributed by atoms with Crippen LogP contribution in [0.2, 0.25) is 0 Å². The third-order valence-corrected chi connectivity index (χ3v) is 7.27. The molecule has 2 unspecified atom stereocenters. The maximum absolute atomic E-state index is 13.0. The van der Waals surface area contributed by atoms with Gasteiger partial charge in [0, 0.05) is 31.1 Å². The second kappa shape index (κ2) is 6.99. The first-order valence-corrected chi connectivity index (χ1v) is 10.7. The Labute approximate surface area is 174 Å². The van der Waals surface area contributed by atoms with Crippen LogP contribution < -0.4 is 11.1 Å². The fourth-order valence-corrected chi connectivity index (χ4v) is 5.40. The molecule has 3 fully saturated rings. The minimum Gasteiger partial charge on any atom is -0.327 e. The van der Waals surface area contributed by atoms with E-state index in [1.54, 1.807) is 12.1 Å². The van der Waals surface area contributed by atoms with Gasteiger partial charge in [0.15, 0.2) is 0 Å². The zero-order chi connectivity index (χ0) is 21.0. The van der Waals surface area contributed by atoms with Crippen LogP contribution in [0.5, 0.6) is 0 Å². The first kappa shape index (κ1) is 19.4. The SMILES string of the molecule is NC1CCC2(CCC2)N(Cc2ccc3c(c2)C(=O)N(C2CCC(=O)NC2=O)C3=O)C1. The van der Waals surface area contributed by atoms with E-state index in [-0.39, 0.29) is 30.3 Å². The van der Waals surface area contributed by atoms with Gasteiger partial charge in [-0.25, -0.2) is 0 Å². The number of carbonyl (C=O) groups is 4. The summed E-state index contributed by atoms with van der Waals surface area (Å²) in [6.07, 6.45) is 6.05. The van der Waals surface area contributed by atoms with E-state index in [0.29, 0.717) is 17.7 Å². The summed E-state index contributed by atoms with van der Waals surface area (Å²) in [5.74, 6) is -1.89. The second-order valence-corrected chi connectivity index (χ2v) is 9.08. The van der Waals surface area contributed by atoms with Crippen molar-refractivity contribution >= 4 is 23.6 Å². The third kappa shape index (κ3) is 2.97. The highest BCUT2D eigenvalue weighted by Gasteiger charge is 2.46. The summed E-state index contributed by atoms with van der Waals surface area (Å²) in [5, 5.41) is 2.22. The summed E-state index contributed by atoms with van der Waals surface area (Å²) < 4.78 is 0. The molecule has 1 aromatic carbocycles. The minimum absolute atomic E-state index is 0.117. The molecular formula is C22H26N4O4. The summed E-state index contributed by atoms with van der Waals surface area (Å²) in [4.78, 5) is 53.0. The molecule has 8 heteroatoms. The minimum atomic E-state index is -0.933.